The van der Waals surface area contributed by atoms with Crippen molar-refractivity contribution >= 4 is 46.7 Å². The molecule has 3 aromatic carbocycles. The largest absolute Gasteiger partial charge is 0.459 e. The average molecular weight is 613 g/mol. The Morgan fingerprint density at radius 2 is 1.84 bits per heavy atom. The van der Waals surface area contributed by atoms with Crippen molar-refractivity contribution in [2.24, 2.45) is 0 Å². The summed E-state index contributed by atoms with van der Waals surface area (Å²) in [5, 5.41) is 2.62. The highest BCUT2D eigenvalue weighted by Crippen LogP contribution is 2.25. The smallest absolute Gasteiger partial charge is 0.325 e. The molecular formula is C33H32N4O8. The minimum Gasteiger partial charge on any atom is -0.459 e. The first-order valence-corrected chi connectivity index (χ1v) is 14.0. The van der Waals surface area contributed by atoms with Gasteiger partial charge in [-0.15, -0.1) is 0 Å². The van der Waals surface area contributed by atoms with Gasteiger partial charge < -0.3 is 29.3 Å². The Hall–Kier alpha value is -5.54. The quantitative estimate of drug-likeness (QED) is 0.271. The van der Waals surface area contributed by atoms with Crippen molar-refractivity contribution in [2.45, 2.75) is 32.7 Å². The highest BCUT2D eigenvalue weighted by Gasteiger charge is 2.42. The molecule has 0 aliphatic carbocycles. The van der Waals surface area contributed by atoms with E-state index < -0.39 is 41.9 Å². The third kappa shape index (κ3) is 8.31. The number of benzene rings is 3. The molecule has 0 aromatic heterocycles. The van der Waals surface area contributed by atoms with Gasteiger partial charge in [0.25, 0.3) is 17.7 Å². The average Bonchev–Trinajstić information content (AvgIpc) is 3.03. The van der Waals surface area contributed by atoms with Gasteiger partial charge in [0.2, 0.25) is 6.10 Å². The molecule has 45 heavy (non-hydrogen) atoms. The standard InChI is InChI=1S/C33H32N4O8/c1-21-17-25(13-14-27(21)34-3)35-31(40)29(45-22(2)38)30-33(42)37(15-16-43-30)26-12-8-11-24(18-26)32(41)36(4)19-28(39)44-20-23-9-6-5-7-10-23/h5-14,17-18,29-30H,15-16,19-20H2,1-2,4H3,(H,35,40)/t29-,30-/m1/s1. The van der Waals surface area contributed by atoms with Gasteiger partial charge in [-0.05, 0) is 48.4 Å². The van der Waals surface area contributed by atoms with Gasteiger partial charge in [0.1, 0.15) is 13.2 Å². The highest BCUT2D eigenvalue weighted by molar-refractivity contribution is 6.05. The summed E-state index contributed by atoms with van der Waals surface area (Å²) in [5.41, 5.74) is 2.79. The summed E-state index contributed by atoms with van der Waals surface area (Å²) >= 11 is 0. The van der Waals surface area contributed by atoms with Gasteiger partial charge in [-0.25, -0.2) is 4.85 Å². The summed E-state index contributed by atoms with van der Waals surface area (Å²) in [6.07, 6.45) is -3.08. The molecule has 12 nitrogen and oxygen atoms in total. The lowest BCUT2D eigenvalue weighted by Gasteiger charge is -2.35. The molecule has 3 amide bonds. The predicted molar refractivity (Wildman–Crippen MR) is 163 cm³/mol. The number of hydrogen-bond donors (Lipinski definition) is 1. The molecule has 0 spiro atoms. The van der Waals surface area contributed by atoms with Crippen LogP contribution in [0.1, 0.15) is 28.4 Å². The molecule has 1 aliphatic rings. The van der Waals surface area contributed by atoms with Crippen molar-refractivity contribution in [1.82, 2.24) is 4.90 Å². The van der Waals surface area contributed by atoms with Crippen LogP contribution in [0.4, 0.5) is 17.1 Å². The molecule has 1 saturated heterocycles. The molecule has 4 rings (SSSR count). The van der Waals surface area contributed by atoms with Crippen LogP contribution in [-0.2, 0) is 40.0 Å². The topological polar surface area (TPSA) is 136 Å². The molecule has 232 valence electrons. The lowest BCUT2D eigenvalue weighted by Crippen LogP contribution is -2.56. The van der Waals surface area contributed by atoms with E-state index in [9.17, 15) is 24.0 Å². The maximum Gasteiger partial charge on any atom is 0.325 e. The summed E-state index contributed by atoms with van der Waals surface area (Å²) in [6.45, 7) is 9.95. The van der Waals surface area contributed by atoms with Crippen LogP contribution in [0.15, 0.2) is 72.8 Å². The first-order chi connectivity index (χ1) is 21.6. The van der Waals surface area contributed by atoms with Crippen molar-refractivity contribution in [2.75, 3.05) is 37.0 Å². The number of aryl methyl sites for hydroxylation is 1. The van der Waals surface area contributed by atoms with E-state index in [-0.39, 0.29) is 31.9 Å². The maximum absolute atomic E-state index is 13.6. The van der Waals surface area contributed by atoms with Crippen molar-refractivity contribution in [1.29, 1.82) is 0 Å². The number of nitrogens with one attached hydrogen (secondary N) is 1. The van der Waals surface area contributed by atoms with E-state index >= 15 is 0 Å². The van der Waals surface area contributed by atoms with Crippen molar-refractivity contribution in [3.63, 3.8) is 0 Å². The second-order valence-corrected chi connectivity index (χ2v) is 10.3. The Morgan fingerprint density at radius 1 is 1.09 bits per heavy atom. The van der Waals surface area contributed by atoms with Gasteiger partial charge in [0.05, 0.1) is 13.2 Å². The summed E-state index contributed by atoms with van der Waals surface area (Å²) in [5.74, 6) is -3.28. The molecule has 1 N–H and O–H groups in total. The van der Waals surface area contributed by atoms with Crippen LogP contribution in [0.2, 0.25) is 0 Å². The van der Waals surface area contributed by atoms with E-state index in [4.69, 9.17) is 20.8 Å². The summed E-state index contributed by atoms with van der Waals surface area (Å²) < 4.78 is 16.2. The summed E-state index contributed by atoms with van der Waals surface area (Å²) in [6, 6.07) is 20.1. The number of nitrogens with zero attached hydrogens (tertiary/aromatic N) is 3. The van der Waals surface area contributed by atoms with Gasteiger partial charge in [0, 0.05) is 37.5 Å². The van der Waals surface area contributed by atoms with E-state index in [1.54, 1.807) is 37.3 Å². The zero-order valence-corrected chi connectivity index (χ0v) is 25.0. The van der Waals surface area contributed by atoms with E-state index in [0.717, 1.165) is 12.5 Å². The zero-order chi connectivity index (χ0) is 32.5. The van der Waals surface area contributed by atoms with E-state index in [0.29, 0.717) is 22.6 Å². The fraction of sp³-hybridized carbons (Fsp3) is 0.273. The molecule has 12 heteroatoms. The number of amides is 3. The molecule has 0 bridgehead atoms. The van der Waals surface area contributed by atoms with Gasteiger partial charge in [-0.3, -0.25) is 24.0 Å². The molecular weight excluding hydrogens is 580 g/mol. The number of anilines is 2. The molecule has 3 aromatic rings. The fourth-order valence-electron chi connectivity index (χ4n) is 4.66. The Balaban J connectivity index is 1.45. The maximum atomic E-state index is 13.6. The van der Waals surface area contributed by atoms with Gasteiger partial charge in [-0.2, -0.15) is 0 Å². The summed E-state index contributed by atoms with van der Waals surface area (Å²) in [7, 11) is 1.47. The van der Waals surface area contributed by atoms with Crippen LogP contribution >= 0.6 is 0 Å². The van der Waals surface area contributed by atoms with Crippen LogP contribution in [0.3, 0.4) is 0 Å². The highest BCUT2D eigenvalue weighted by atomic mass is 16.6. The van der Waals surface area contributed by atoms with E-state index in [1.165, 1.54) is 29.0 Å². The number of rotatable bonds is 10. The van der Waals surface area contributed by atoms with E-state index in [1.807, 2.05) is 30.3 Å². The molecule has 2 atom stereocenters. The molecule has 0 saturated carbocycles. The van der Waals surface area contributed by atoms with Crippen molar-refractivity contribution < 1.29 is 38.2 Å². The predicted octanol–water partition coefficient (Wildman–Crippen LogP) is 3.66. The molecule has 0 radical (unpaired) electrons. The van der Waals surface area contributed by atoms with Crippen LogP contribution in [0.25, 0.3) is 4.85 Å². The number of likely N-dealkylation sites (N-methyl/N-ethyl adjacent to an activating group) is 1. The van der Waals surface area contributed by atoms with Crippen molar-refractivity contribution in [3.8, 4) is 0 Å². The number of hydrogen-bond acceptors (Lipinski definition) is 8. The fourth-order valence-corrected chi connectivity index (χ4v) is 4.66. The molecule has 1 fully saturated rings. The van der Waals surface area contributed by atoms with Gasteiger partial charge in [-0.1, -0.05) is 42.5 Å². The number of ether oxygens (including phenoxy) is 3. The SMILES string of the molecule is [C-]#[N+]c1ccc(NC(=O)[C@H](OC(C)=O)[C@H]2OCCN(c3cccc(C(=O)N(C)CC(=O)OCc4ccccc4)c3)C2=O)cc1C. The number of carbonyl (C=O) groups excluding carboxylic acids is 5. The third-order valence-corrected chi connectivity index (χ3v) is 6.89. The van der Waals surface area contributed by atoms with E-state index in [2.05, 4.69) is 10.2 Å². The lowest BCUT2D eigenvalue weighted by atomic mass is 10.1. The lowest BCUT2D eigenvalue weighted by molar-refractivity contribution is -0.167. The van der Waals surface area contributed by atoms with Gasteiger partial charge >= 0.3 is 11.9 Å². The second-order valence-electron chi connectivity index (χ2n) is 10.3. The molecule has 0 unspecified atom stereocenters. The molecule has 1 aliphatic heterocycles. The normalized spacial score (nSPS) is 14.9. The van der Waals surface area contributed by atoms with Crippen LogP contribution in [-0.4, -0.2) is 73.5 Å². The van der Waals surface area contributed by atoms with Crippen molar-refractivity contribution in [3.05, 3.63) is 101 Å². The van der Waals surface area contributed by atoms with Crippen LogP contribution < -0.4 is 10.2 Å². The summed E-state index contributed by atoms with van der Waals surface area (Å²) in [4.78, 5) is 70.3. The first-order valence-electron chi connectivity index (χ1n) is 14.0. The number of esters is 2. The second kappa shape index (κ2) is 14.8. The Kier molecular flexibility index (Phi) is 10.6. The number of morpholine rings is 1. The Bertz CT molecular complexity index is 1640. The Morgan fingerprint density at radius 3 is 2.53 bits per heavy atom. The number of carbonyl (C=O) groups is 5. The minimum atomic E-state index is -1.61. The monoisotopic (exact) mass is 612 g/mol. The van der Waals surface area contributed by atoms with Crippen LogP contribution in [0.5, 0.6) is 0 Å². The Labute approximate surface area is 260 Å². The molecule has 1 heterocycles. The first kappa shape index (κ1) is 32.4. The minimum absolute atomic E-state index is 0.0194. The third-order valence-electron chi connectivity index (χ3n) is 6.89. The zero-order valence-electron chi connectivity index (χ0n) is 25.0. The van der Waals surface area contributed by atoms with Gasteiger partial charge in [0.15, 0.2) is 11.8 Å². The van der Waals surface area contributed by atoms with Crippen LogP contribution in [0, 0.1) is 13.5 Å².